The van der Waals surface area contributed by atoms with Gasteiger partial charge in [0.15, 0.2) is 0 Å². The zero-order chi connectivity index (χ0) is 16.2. The van der Waals surface area contributed by atoms with Crippen molar-refractivity contribution in [3.8, 4) is 0 Å². The fourth-order valence-electron chi connectivity index (χ4n) is 4.51. The van der Waals surface area contributed by atoms with E-state index in [4.69, 9.17) is 5.10 Å². The Morgan fingerprint density at radius 2 is 2.04 bits per heavy atom. The third kappa shape index (κ3) is 2.47. The first kappa shape index (κ1) is 15.1. The fraction of sp³-hybridized carbons (Fsp3) is 0.684. The normalized spacial score (nSPS) is 37.7. The lowest BCUT2D eigenvalue weighted by Crippen LogP contribution is -2.56. The van der Waals surface area contributed by atoms with Gasteiger partial charge in [-0.3, -0.25) is 4.79 Å². The number of nitrogens with zero attached hydrogens (tertiary/aromatic N) is 2. The molecule has 4 rings (SSSR count). The van der Waals surface area contributed by atoms with E-state index in [9.17, 15) is 4.79 Å². The molecule has 4 heteroatoms. The highest BCUT2D eigenvalue weighted by molar-refractivity contribution is 5.96. The molecular weight excluding hydrogens is 286 g/mol. The van der Waals surface area contributed by atoms with Gasteiger partial charge >= 0.3 is 0 Å². The summed E-state index contributed by atoms with van der Waals surface area (Å²) >= 11 is 0. The number of nitrogens with one attached hydrogen (secondary N) is 1. The van der Waals surface area contributed by atoms with E-state index in [0.29, 0.717) is 16.6 Å². The molecule has 2 saturated carbocycles. The molecule has 23 heavy (non-hydrogen) atoms. The minimum Gasteiger partial charge on any atom is -0.346 e. The highest BCUT2D eigenvalue weighted by Gasteiger charge is 2.49. The maximum absolute atomic E-state index is 12.8. The lowest BCUT2D eigenvalue weighted by molar-refractivity contribution is -0.909. The second kappa shape index (κ2) is 5.04. The highest BCUT2D eigenvalue weighted by Crippen LogP contribution is 2.45. The van der Waals surface area contributed by atoms with Gasteiger partial charge in [-0.2, -0.15) is 4.59 Å². The van der Waals surface area contributed by atoms with Gasteiger partial charge in [0.1, 0.15) is 18.8 Å². The molecule has 0 radical (unpaired) electrons. The second-order valence-corrected chi connectivity index (χ2v) is 8.27. The Hall–Kier alpha value is -1.42. The molecule has 124 valence electrons. The zero-order valence-corrected chi connectivity index (χ0v) is 14.6. The molecule has 0 aromatic carbocycles. The SMILES string of the molecule is CC1=N[N+](CC2=C(C)CC(C)(C3CC3)NC2=O)(C2CCC2)C=C1. The van der Waals surface area contributed by atoms with Gasteiger partial charge < -0.3 is 5.32 Å². The molecule has 0 aromatic heterocycles. The molecule has 2 unspecified atom stereocenters. The third-order valence-electron chi connectivity index (χ3n) is 6.34. The van der Waals surface area contributed by atoms with Crippen LogP contribution < -0.4 is 5.32 Å². The Labute approximate surface area is 138 Å². The van der Waals surface area contributed by atoms with Crippen LogP contribution >= 0.6 is 0 Å². The molecule has 2 aliphatic carbocycles. The number of quaternary nitrogens is 1. The molecule has 1 N–H and O–H groups in total. The Morgan fingerprint density at radius 1 is 1.30 bits per heavy atom. The van der Waals surface area contributed by atoms with Crippen molar-refractivity contribution in [2.45, 2.75) is 70.9 Å². The van der Waals surface area contributed by atoms with Crippen molar-refractivity contribution in [2.75, 3.05) is 6.54 Å². The van der Waals surface area contributed by atoms with Crippen LogP contribution in [0.15, 0.2) is 28.5 Å². The van der Waals surface area contributed by atoms with Gasteiger partial charge in [0.2, 0.25) is 0 Å². The van der Waals surface area contributed by atoms with Crippen LogP contribution in [0, 0.1) is 5.92 Å². The number of carbonyl (C=O) groups excluding carboxylic acids is 1. The molecule has 2 aliphatic heterocycles. The van der Waals surface area contributed by atoms with Gasteiger partial charge in [0.25, 0.3) is 5.91 Å². The lowest BCUT2D eigenvalue weighted by Gasteiger charge is -2.42. The van der Waals surface area contributed by atoms with Crippen LogP contribution in [-0.2, 0) is 4.79 Å². The van der Waals surface area contributed by atoms with Crippen molar-refractivity contribution >= 4 is 11.6 Å². The molecular formula is C19H28N3O+. The van der Waals surface area contributed by atoms with Crippen LogP contribution in [0.2, 0.25) is 0 Å². The van der Waals surface area contributed by atoms with E-state index in [1.54, 1.807) is 0 Å². The summed E-state index contributed by atoms with van der Waals surface area (Å²) in [7, 11) is 0. The molecule has 4 aliphatic rings. The quantitative estimate of drug-likeness (QED) is 0.795. The molecule has 1 amide bonds. The van der Waals surface area contributed by atoms with Crippen molar-refractivity contribution < 1.29 is 9.39 Å². The predicted octanol–water partition coefficient (Wildman–Crippen LogP) is 3.26. The summed E-state index contributed by atoms with van der Waals surface area (Å²) in [5.74, 6) is 0.817. The van der Waals surface area contributed by atoms with Gasteiger partial charge in [0, 0.05) is 24.5 Å². The first-order valence-electron chi connectivity index (χ1n) is 9.06. The van der Waals surface area contributed by atoms with Gasteiger partial charge in [-0.15, -0.1) is 0 Å². The molecule has 0 aromatic rings. The molecule has 4 nitrogen and oxygen atoms in total. The van der Waals surface area contributed by atoms with E-state index >= 15 is 0 Å². The van der Waals surface area contributed by atoms with E-state index in [1.807, 2.05) is 0 Å². The lowest BCUT2D eigenvalue weighted by atomic mass is 9.82. The van der Waals surface area contributed by atoms with Crippen molar-refractivity contribution in [2.24, 2.45) is 11.0 Å². The van der Waals surface area contributed by atoms with Crippen molar-refractivity contribution in [3.05, 3.63) is 23.4 Å². The second-order valence-electron chi connectivity index (χ2n) is 8.27. The van der Waals surface area contributed by atoms with Crippen LogP contribution in [0.3, 0.4) is 0 Å². The smallest absolute Gasteiger partial charge is 0.253 e. The molecule has 0 bridgehead atoms. The summed E-state index contributed by atoms with van der Waals surface area (Å²) in [5, 5.41) is 8.25. The van der Waals surface area contributed by atoms with Crippen LogP contribution in [0.4, 0.5) is 0 Å². The van der Waals surface area contributed by atoms with E-state index in [-0.39, 0.29) is 11.4 Å². The Kier molecular flexibility index (Phi) is 3.31. The van der Waals surface area contributed by atoms with Gasteiger partial charge in [-0.1, -0.05) is 10.7 Å². The van der Waals surface area contributed by atoms with Gasteiger partial charge in [-0.05, 0) is 52.4 Å². The largest absolute Gasteiger partial charge is 0.346 e. The maximum Gasteiger partial charge on any atom is 0.253 e. The average Bonchev–Trinajstić information content (AvgIpc) is 3.19. The highest BCUT2D eigenvalue weighted by atomic mass is 16.2. The maximum atomic E-state index is 12.8. The van der Waals surface area contributed by atoms with Crippen molar-refractivity contribution in [1.82, 2.24) is 5.32 Å². The standard InChI is InChI=1S/C19H27N3O/c1-13-11-19(3,15-7-8-15)20-18(23)17(13)12-22(16-5-4-6-16)10-9-14(2)21-22/h9-10,15-16H,4-8,11-12H2,1-3H3/p+1. The topological polar surface area (TPSA) is 41.5 Å². The Morgan fingerprint density at radius 3 is 2.52 bits per heavy atom. The molecule has 2 heterocycles. The number of carbonyl (C=O) groups is 1. The van der Waals surface area contributed by atoms with Crippen LogP contribution in [0.1, 0.15) is 59.3 Å². The molecule has 2 fully saturated rings. The monoisotopic (exact) mass is 314 g/mol. The first-order chi connectivity index (χ1) is 10.9. The Bertz CT molecular complexity index is 639. The molecule has 0 saturated heterocycles. The Balaban J connectivity index is 1.62. The zero-order valence-electron chi connectivity index (χ0n) is 14.6. The van der Waals surface area contributed by atoms with Gasteiger partial charge in [-0.25, -0.2) is 0 Å². The van der Waals surface area contributed by atoms with Crippen LogP contribution in [0.25, 0.3) is 0 Å². The predicted molar refractivity (Wildman–Crippen MR) is 91.6 cm³/mol. The summed E-state index contributed by atoms with van der Waals surface area (Å²) < 4.78 is 0.617. The van der Waals surface area contributed by atoms with E-state index in [0.717, 1.165) is 24.3 Å². The van der Waals surface area contributed by atoms with Crippen molar-refractivity contribution in [1.29, 1.82) is 0 Å². The summed E-state index contributed by atoms with van der Waals surface area (Å²) in [4.78, 5) is 12.8. The van der Waals surface area contributed by atoms with E-state index in [2.05, 4.69) is 38.4 Å². The minimum absolute atomic E-state index is 0.0218. The molecule has 2 atom stereocenters. The minimum atomic E-state index is -0.0218. The summed E-state index contributed by atoms with van der Waals surface area (Å²) in [5.41, 5.74) is 3.30. The number of rotatable bonds is 4. The van der Waals surface area contributed by atoms with Gasteiger partial charge in [0.05, 0.1) is 11.3 Å². The molecule has 0 spiro atoms. The number of allylic oxidation sites excluding steroid dienone is 1. The fourth-order valence-corrected chi connectivity index (χ4v) is 4.51. The first-order valence-corrected chi connectivity index (χ1v) is 9.06. The van der Waals surface area contributed by atoms with E-state index < -0.39 is 0 Å². The number of hydrogen-bond donors (Lipinski definition) is 1. The summed E-state index contributed by atoms with van der Waals surface area (Å²) in [6.07, 6.45) is 11.6. The van der Waals surface area contributed by atoms with Crippen LogP contribution in [0.5, 0.6) is 0 Å². The van der Waals surface area contributed by atoms with Crippen LogP contribution in [-0.4, -0.2) is 34.3 Å². The number of hydrogen-bond acceptors (Lipinski definition) is 2. The van der Waals surface area contributed by atoms with E-state index in [1.165, 1.54) is 37.7 Å². The third-order valence-corrected chi connectivity index (χ3v) is 6.34. The van der Waals surface area contributed by atoms with Crippen molar-refractivity contribution in [3.63, 3.8) is 0 Å². The summed E-state index contributed by atoms with van der Waals surface area (Å²) in [6.45, 7) is 7.15. The summed E-state index contributed by atoms with van der Waals surface area (Å²) in [6, 6.07) is 0.550. The number of amides is 1. The average molecular weight is 314 g/mol.